The number of Topliss-reactive ketones (excluding diaryl/α,β-unsaturated/α-hetero) is 1. The molecule has 5 rings (SSSR count). The second-order valence-corrected chi connectivity index (χ2v) is 8.08. The van der Waals surface area contributed by atoms with Crippen LogP contribution in [0.1, 0.15) is 35.9 Å². The largest absolute Gasteiger partial charge is 0.493 e. The van der Waals surface area contributed by atoms with Crippen LogP contribution in [0.4, 0.5) is 5.95 Å². The van der Waals surface area contributed by atoms with Crippen LogP contribution < -0.4 is 14.8 Å². The van der Waals surface area contributed by atoms with Gasteiger partial charge in [-0.15, -0.1) is 0 Å². The van der Waals surface area contributed by atoms with Crippen LogP contribution in [0.25, 0.3) is 0 Å². The van der Waals surface area contributed by atoms with Crippen LogP contribution in [0.5, 0.6) is 11.5 Å². The van der Waals surface area contributed by atoms with Crippen molar-refractivity contribution >= 4 is 23.3 Å². The van der Waals surface area contributed by atoms with Crippen LogP contribution in [0.2, 0.25) is 5.02 Å². The number of aromatic nitrogens is 3. The highest BCUT2D eigenvalue weighted by molar-refractivity contribution is 6.30. The molecule has 0 fully saturated rings. The number of carbonyl (C=O) groups excluding carboxylic acids is 1. The Morgan fingerprint density at radius 3 is 2.52 bits per heavy atom. The molecule has 2 atom stereocenters. The number of ketones is 1. The summed E-state index contributed by atoms with van der Waals surface area (Å²) in [5.41, 5.74) is 3.60. The zero-order valence-electron chi connectivity index (χ0n) is 17.1. The first kappa shape index (κ1) is 19.6. The summed E-state index contributed by atoms with van der Waals surface area (Å²) in [4.78, 5) is 17.8. The highest BCUT2D eigenvalue weighted by Gasteiger charge is 2.39. The third-order valence-corrected chi connectivity index (χ3v) is 6.18. The molecule has 1 aromatic heterocycles. The lowest BCUT2D eigenvalue weighted by atomic mass is 9.78. The Balaban J connectivity index is 1.55. The number of fused-ring (bicyclic) bond motifs is 1. The number of halogens is 1. The molecule has 0 spiro atoms. The smallest absolute Gasteiger partial charge is 0.226 e. The van der Waals surface area contributed by atoms with Gasteiger partial charge in [0.15, 0.2) is 17.3 Å². The molecular formula is C23H21ClN4O3. The maximum absolute atomic E-state index is 13.4. The first-order chi connectivity index (χ1) is 15.1. The number of nitrogens with one attached hydrogen (secondary N) is 1. The van der Waals surface area contributed by atoms with Gasteiger partial charge >= 0.3 is 0 Å². The predicted octanol–water partition coefficient (Wildman–Crippen LogP) is 4.36. The number of ether oxygens (including phenoxy) is 2. The van der Waals surface area contributed by atoms with E-state index in [1.807, 2.05) is 42.5 Å². The molecule has 0 radical (unpaired) electrons. The zero-order chi connectivity index (χ0) is 21.5. The second-order valence-electron chi connectivity index (χ2n) is 7.64. The number of benzene rings is 2. The Labute approximate surface area is 184 Å². The maximum atomic E-state index is 13.4. The number of hydrogen-bond acceptors (Lipinski definition) is 6. The first-order valence-electron chi connectivity index (χ1n) is 9.99. The van der Waals surface area contributed by atoms with E-state index in [9.17, 15) is 4.79 Å². The van der Waals surface area contributed by atoms with Gasteiger partial charge in [-0.3, -0.25) is 4.79 Å². The van der Waals surface area contributed by atoms with E-state index in [-0.39, 0.29) is 17.7 Å². The van der Waals surface area contributed by atoms with Crippen molar-refractivity contribution in [3.63, 3.8) is 0 Å². The fourth-order valence-corrected chi connectivity index (χ4v) is 4.57. The van der Waals surface area contributed by atoms with Crippen LogP contribution in [0.15, 0.2) is 60.1 Å². The molecule has 1 N–H and O–H groups in total. The average molecular weight is 437 g/mol. The van der Waals surface area contributed by atoms with Gasteiger partial charge in [0.05, 0.1) is 14.2 Å². The number of rotatable bonds is 4. The van der Waals surface area contributed by atoms with Gasteiger partial charge < -0.3 is 14.8 Å². The van der Waals surface area contributed by atoms with Crippen molar-refractivity contribution in [2.24, 2.45) is 0 Å². The van der Waals surface area contributed by atoms with Crippen LogP contribution in [-0.2, 0) is 4.79 Å². The van der Waals surface area contributed by atoms with E-state index < -0.39 is 0 Å². The van der Waals surface area contributed by atoms with Gasteiger partial charge in [-0.1, -0.05) is 29.8 Å². The summed E-state index contributed by atoms with van der Waals surface area (Å²) >= 11 is 6.08. The summed E-state index contributed by atoms with van der Waals surface area (Å²) in [7, 11) is 3.22. The van der Waals surface area contributed by atoms with Gasteiger partial charge in [-0.05, 0) is 47.7 Å². The normalized spacial score (nSPS) is 20.0. The van der Waals surface area contributed by atoms with E-state index >= 15 is 0 Å². The molecule has 2 heterocycles. The van der Waals surface area contributed by atoms with Crippen LogP contribution in [-0.4, -0.2) is 34.8 Å². The van der Waals surface area contributed by atoms with Crippen molar-refractivity contribution in [1.29, 1.82) is 0 Å². The number of nitrogens with zero attached hydrogens (tertiary/aromatic N) is 3. The minimum atomic E-state index is -0.329. The van der Waals surface area contributed by atoms with E-state index in [0.29, 0.717) is 35.3 Å². The van der Waals surface area contributed by atoms with Gasteiger partial charge in [-0.2, -0.15) is 10.1 Å². The fourth-order valence-electron chi connectivity index (χ4n) is 4.45. The van der Waals surface area contributed by atoms with Crippen molar-refractivity contribution in [2.75, 3.05) is 19.5 Å². The molecule has 0 unspecified atom stereocenters. The lowest BCUT2D eigenvalue weighted by molar-refractivity contribution is -0.116. The molecule has 0 bridgehead atoms. The standard InChI is InChI=1S/C23H21ClN4O3/c1-30-19-8-5-14(11-20(19)31-2)15-9-17-21(18(29)10-15)22(13-3-6-16(24)7-4-13)28-23(27-17)25-12-26-28/h3-8,11-12,15,22H,9-10H2,1-2H3,(H,25,26,27)/t15-,22-/m1/s1. The minimum Gasteiger partial charge on any atom is -0.493 e. The van der Waals surface area contributed by atoms with E-state index in [1.54, 1.807) is 18.9 Å². The Morgan fingerprint density at radius 1 is 1.03 bits per heavy atom. The van der Waals surface area contributed by atoms with Crippen LogP contribution in [0.3, 0.4) is 0 Å². The lowest BCUT2D eigenvalue weighted by Gasteiger charge is -2.35. The molecule has 1 aliphatic carbocycles. The number of allylic oxidation sites excluding steroid dienone is 2. The highest BCUT2D eigenvalue weighted by Crippen LogP contribution is 2.44. The third-order valence-electron chi connectivity index (χ3n) is 5.93. The van der Waals surface area contributed by atoms with Gasteiger partial charge in [0, 0.05) is 22.7 Å². The molecule has 0 saturated heterocycles. The molecule has 7 nitrogen and oxygen atoms in total. The number of carbonyl (C=O) groups is 1. The van der Waals surface area contributed by atoms with E-state index in [1.165, 1.54) is 6.33 Å². The van der Waals surface area contributed by atoms with Crippen LogP contribution in [0, 0.1) is 0 Å². The van der Waals surface area contributed by atoms with E-state index in [2.05, 4.69) is 15.4 Å². The summed E-state index contributed by atoms with van der Waals surface area (Å²) < 4.78 is 12.6. The molecule has 0 amide bonds. The number of hydrogen-bond donors (Lipinski definition) is 1. The molecular weight excluding hydrogens is 416 g/mol. The predicted molar refractivity (Wildman–Crippen MR) is 117 cm³/mol. The maximum Gasteiger partial charge on any atom is 0.226 e. The molecule has 0 saturated carbocycles. The molecule has 158 valence electrons. The number of anilines is 1. The van der Waals surface area contributed by atoms with E-state index in [4.69, 9.17) is 21.1 Å². The van der Waals surface area contributed by atoms with Crippen molar-refractivity contribution < 1.29 is 14.3 Å². The quantitative estimate of drug-likeness (QED) is 0.654. The molecule has 31 heavy (non-hydrogen) atoms. The minimum absolute atomic E-state index is 0.0268. The third kappa shape index (κ3) is 3.35. The van der Waals surface area contributed by atoms with Gasteiger partial charge in [0.25, 0.3) is 0 Å². The highest BCUT2D eigenvalue weighted by atomic mass is 35.5. The molecule has 2 aromatic carbocycles. The van der Waals surface area contributed by atoms with Gasteiger partial charge in [0.1, 0.15) is 12.4 Å². The molecule has 8 heteroatoms. The summed E-state index contributed by atoms with van der Waals surface area (Å²) in [6.07, 6.45) is 2.59. The summed E-state index contributed by atoms with van der Waals surface area (Å²) in [6, 6.07) is 13.0. The Kier molecular flexibility index (Phi) is 4.90. The Hall–Kier alpha value is -3.32. The Bertz CT molecular complexity index is 1190. The summed E-state index contributed by atoms with van der Waals surface area (Å²) in [6.45, 7) is 0. The molecule has 1 aliphatic heterocycles. The van der Waals surface area contributed by atoms with Crippen LogP contribution >= 0.6 is 11.6 Å². The monoisotopic (exact) mass is 436 g/mol. The zero-order valence-corrected chi connectivity index (χ0v) is 17.9. The summed E-state index contributed by atoms with van der Waals surface area (Å²) in [5.74, 6) is 2.07. The van der Waals surface area contributed by atoms with Crippen molar-refractivity contribution in [3.05, 3.63) is 76.2 Å². The van der Waals surface area contributed by atoms with Gasteiger partial charge in [-0.25, -0.2) is 4.68 Å². The first-order valence-corrected chi connectivity index (χ1v) is 10.4. The van der Waals surface area contributed by atoms with E-state index in [0.717, 1.165) is 22.4 Å². The fraction of sp³-hybridized carbons (Fsp3) is 0.261. The topological polar surface area (TPSA) is 78.3 Å². The lowest BCUT2D eigenvalue weighted by Crippen LogP contribution is -2.33. The van der Waals surface area contributed by atoms with Gasteiger partial charge in [0.2, 0.25) is 5.95 Å². The van der Waals surface area contributed by atoms with Crippen molar-refractivity contribution in [3.8, 4) is 11.5 Å². The molecule has 2 aliphatic rings. The van der Waals surface area contributed by atoms with Crippen molar-refractivity contribution in [2.45, 2.75) is 24.8 Å². The average Bonchev–Trinajstić information content (AvgIpc) is 3.26. The van der Waals surface area contributed by atoms with Crippen molar-refractivity contribution in [1.82, 2.24) is 14.8 Å². The number of methoxy groups -OCH3 is 2. The second kappa shape index (κ2) is 7.74. The Morgan fingerprint density at radius 2 is 1.77 bits per heavy atom. The summed E-state index contributed by atoms with van der Waals surface area (Å²) in [5, 5.41) is 8.36. The molecule has 3 aromatic rings. The SMILES string of the molecule is COc1ccc([C@H]2CC(=O)C3=C(C2)Nc2ncnn2[C@@H]3c2ccc(Cl)cc2)cc1OC.